The number of rotatable bonds is 1. The Bertz CT molecular complexity index is 174. The number of hydrogen-bond donors (Lipinski definition) is 1. The summed E-state index contributed by atoms with van der Waals surface area (Å²) in [6.45, 7) is 4.82. The minimum absolute atomic E-state index is 0.559. The van der Waals surface area contributed by atoms with Crippen LogP contribution in [0.3, 0.4) is 0 Å². The average molecular weight is 167 g/mol. The first-order valence-corrected chi connectivity index (χ1v) is 5.34. The molecule has 2 saturated carbocycles. The van der Waals surface area contributed by atoms with Gasteiger partial charge in [-0.1, -0.05) is 26.7 Å². The Labute approximate surface area is 75.7 Å². The fraction of sp³-hybridized carbons (Fsp3) is 1.00. The predicted molar refractivity (Wildman–Crippen MR) is 51.8 cm³/mol. The van der Waals surface area contributed by atoms with Gasteiger partial charge in [-0.2, -0.15) is 0 Å². The van der Waals surface area contributed by atoms with Crippen LogP contribution in [0.15, 0.2) is 0 Å². The van der Waals surface area contributed by atoms with Crippen LogP contribution < -0.4 is 5.73 Å². The molecule has 1 unspecified atom stereocenters. The molecule has 0 saturated heterocycles. The summed E-state index contributed by atoms with van der Waals surface area (Å²) in [5.74, 6) is 1.85. The molecule has 0 aromatic heterocycles. The monoisotopic (exact) mass is 167 g/mol. The zero-order chi connectivity index (χ0) is 8.77. The van der Waals surface area contributed by atoms with Crippen molar-refractivity contribution in [1.29, 1.82) is 0 Å². The second kappa shape index (κ2) is 2.73. The summed E-state index contributed by atoms with van der Waals surface area (Å²) in [5, 5.41) is 0. The van der Waals surface area contributed by atoms with Crippen molar-refractivity contribution in [3.63, 3.8) is 0 Å². The van der Waals surface area contributed by atoms with Crippen molar-refractivity contribution in [2.45, 2.75) is 52.0 Å². The lowest BCUT2D eigenvalue weighted by Crippen LogP contribution is -2.25. The van der Waals surface area contributed by atoms with Gasteiger partial charge in [0.15, 0.2) is 0 Å². The molecule has 12 heavy (non-hydrogen) atoms. The van der Waals surface area contributed by atoms with Crippen molar-refractivity contribution >= 4 is 0 Å². The summed E-state index contributed by atoms with van der Waals surface area (Å²) >= 11 is 0. The molecule has 1 nitrogen and oxygen atoms in total. The molecule has 2 fully saturated rings. The molecule has 3 atom stereocenters. The van der Waals surface area contributed by atoms with Gasteiger partial charge in [0.05, 0.1) is 0 Å². The Morgan fingerprint density at radius 3 is 2.50 bits per heavy atom. The third-order valence-corrected chi connectivity index (χ3v) is 3.74. The Kier molecular flexibility index (Phi) is 1.95. The molecular weight excluding hydrogens is 146 g/mol. The summed E-state index contributed by atoms with van der Waals surface area (Å²) < 4.78 is 0. The van der Waals surface area contributed by atoms with E-state index in [1.54, 1.807) is 0 Å². The summed E-state index contributed by atoms with van der Waals surface area (Å²) in [6.07, 6.45) is 7.03. The van der Waals surface area contributed by atoms with Crippen LogP contribution in [-0.4, -0.2) is 6.04 Å². The predicted octanol–water partition coefficient (Wildman–Crippen LogP) is 2.55. The molecule has 1 heteroatoms. The van der Waals surface area contributed by atoms with Gasteiger partial charge in [-0.15, -0.1) is 0 Å². The molecule has 2 rings (SSSR count). The van der Waals surface area contributed by atoms with Crippen molar-refractivity contribution in [2.24, 2.45) is 23.0 Å². The van der Waals surface area contributed by atoms with Gasteiger partial charge in [0.2, 0.25) is 0 Å². The lowest BCUT2D eigenvalue weighted by Gasteiger charge is -2.35. The van der Waals surface area contributed by atoms with Gasteiger partial charge in [-0.25, -0.2) is 0 Å². The van der Waals surface area contributed by atoms with Crippen LogP contribution in [0, 0.1) is 17.3 Å². The topological polar surface area (TPSA) is 26.0 Å². The molecule has 0 aromatic carbocycles. The molecular formula is C11H21N. The fourth-order valence-electron chi connectivity index (χ4n) is 2.90. The van der Waals surface area contributed by atoms with Crippen LogP contribution >= 0.6 is 0 Å². The molecule has 0 aromatic rings. The molecule has 2 aliphatic carbocycles. The van der Waals surface area contributed by atoms with Crippen LogP contribution in [0.5, 0.6) is 0 Å². The zero-order valence-corrected chi connectivity index (χ0v) is 8.34. The largest absolute Gasteiger partial charge is 0.327 e. The first-order valence-electron chi connectivity index (χ1n) is 5.34. The molecule has 0 spiro atoms. The molecule has 70 valence electrons. The second-order valence-electron chi connectivity index (χ2n) is 5.58. The summed E-state index contributed by atoms with van der Waals surface area (Å²) in [7, 11) is 0. The molecule has 2 N–H and O–H groups in total. The van der Waals surface area contributed by atoms with Gasteiger partial charge >= 0.3 is 0 Å². The van der Waals surface area contributed by atoms with E-state index in [0.717, 1.165) is 11.8 Å². The van der Waals surface area contributed by atoms with E-state index in [2.05, 4.69) is 13.8 Å². The average Bonchev–Trinajstić information content (AvgIpc) is 2.64. The highest BCUT2D eigenvalue weighted by atomic mass is 14.8. The van der Waals surface area contributed by atoms with E-state index in [1.165, 1.54) is 32.1 Å². The van der Waals surface area contributed by atoms with Crippen molar-refractivity contribution in [3.8, 4) is 0 Å². The van der Waals surface area contributed by atoms with Crippen molar-refractivity contribution < 1.29 is 0 Å². The number of hydrogen-bond acceptors (Lipinski definition) is 1. The van der Waals surface area contributed by atoms with Gasteiger partial charge in [0, 0.05) is 6.04 Å². The van der Waals surface area contributed by atoms with Crippen LogP contribution in [0.1, 0.15) is 46.0 Å². The normalized spacial score (nSPS) is 45.8. The van der Waals surface area contributed by atoms with Gasteiger partial charge in [0.1, 0.15) is 0 Å². The maximum Gasteiger partial charge on any atom is 0.00737 e. The lowest BCUT2D eigenvalue weighted by atomic mass is 9.70. The summed E-state index contributed by atoms with van der Waals surface area (Å²) in [6, 6.07) is 0.559. The van der Waals surface area contributed by atoms with E-state index in [-0.39, 0.29) is 0 Å². The Hall–Kier alpha value is -0.0400. The minimum Gasteiger partial charge on any atom is -0.327 e. The highest BCUT2D eigenvalue weighted by Gasteiger charge is 2.43. The van der Waals surface area contributed by atoms with E-state index < -0.39 is 0 Å². The van der Waals surface area contributed by atoms with Crippen molar-refractivity contribution in [2.75, 3.05) is 0 Å². The van der Waals surface area contributed by atoms with Crippen LogP contribution in [-0.2, 0) is 0 Å². The third kappa shape index (κ3) is 1.66. The SMILES string of the molecule is CC1(C)CCCC([C@@H]2C[C@H]2N)C1. The van der Waals surface area contributed by atoms with Gasteiger partial charge < -0.3 is 5.73 Å². The smallest absolute Gasteiger partial charge is 0.00737 e. The first-order chi connectivity index (χ1) is 5.58. The zero-order valence-electron chi connectivity index (χ0n) is 8.34. The number of nitrogens with two attached hydrogens (primary N) is 1. The van der Waals surface area contributed by atoms with Gasteiger partial charge in [-0.3, -0.25) is 0 Å². The maximum absolute atomic E-state index is 5.89. The fourth-order valence-corrected chi connectivity index (χ4v) is 2.90. The highest BCUT2D eigenvalue weighted by Crippen LogP contribution is 2.48. The Morgan fingerprint density at radius 2 is 2.00 bits per heavy atom. The second-order valence-corrected chi connectivity index (χ2v) is 5.58. The van der Waals surface area contributed by atoms with Gasteiger partial charge in [-0.05, 0) is 36.5 Å². The molecule has 0 radical (unpaired) electrons. The third-order valence-electron chi connectivity index (χ3n) is 3.74. The molecule has 0 amide bonds. The Balaban J connectivity index is 1.91. The quantitative estimate of drug-likeness (QED) is 0.638. The van der Waals surface area contributed by atoms with E-state index in [0.29, 0.717) is 11.5 Å². The van der Waals surface area contributed by atoms with E-state index >= 15 is 0 Å². The minimum atomic E-state index is 0.559. The first kappa shape index (κ1) is 8.55. The van der Waals surface area contributed by atoms with E-state index in [9.17, 15) is 0 Å². The standard InChI is InChI=1S/C11H21N/c1-11(2)5-3-4-8(7-11)9-6-10(9)12/h8-10H,3-7,12H2,1-2H3/t8?,9-,10+/m0/s1. The van der Waals surface area contributed by atoms with Crippen LogP contribution in [0.4, 0.5) is 0 Å². The molecule has 0 bridgehead atoms. The van der Waals surface area contributed by atoms with Crippen LogP contribution in [0.25, 0.3) is 0 Å². The van der Waals surface area contributed by atoms with E-state index in [4.69, 9.17) is 5.73 Å². The maximum atomic E-state index is 5.89. The van der Waals surface area contributed by atoms with Gasteiger partial charge in [0.25, 0.3) is 0 Å². The molecule has 0 heterocycles. The van der Waals surface area contributed by atoms with Crippen LogP contribution in [0.2, 0.25) is 0 Å². The molecule has 0 aliphatic heterocycles. The van der Waals surface area contributed by atoms with E-state index in [1.807, 2.05) is 0 Å². The summed E-state index contributed by atoms with van der Waals surface area (Å²) in [4.78, 5) is 0. The highest BCUT2D eigenvalue weighted by molar-refractivity contribution is 4.97. The summed E-state index contributed by atoms with van der Waals surface area (Å²) in [5.41, 5.74) is 6.49. The van der Waals surface area contributed by atoms with Crippen molar-refractivity contribution in [3.05, 3.63) is 0 Å². The Morgan fingerprint density at radius 1 is 1.33 bits per heavy atom. The molecule has 2 aliphatic rings. The lowest BCUT2D eigenvalue weighted by molar-refractivity contribution is 0.163. The van der Waals surface area contributed by atoms with Crippen molar-refractivity contribution in [1.82, 2.24) is 0 Å².